The lowest BCUT2D eigenvalue weighted by molar-refractivity contribution is -0.122. The Bertz CT molecular complexity index is 1260. The minimum Gasteiger partial charge on any atom is -0.487 e. The van der Waals surface area contributed by atoms with Crippen LogP contribution in [0, 0.1) is 12.7 Å². The third-order valence-electron chi connectivity index (χ3n) is 4.86. The van der Waals surface area contributed by atoms with Gasteiger partial charge in [-0.2, -0.15) is 0 Å². The first-order valence-electron chi connectivity index (χ1n) is 10.3. The van der Waals surface area contributed by atoms with Gasteiger partial charge in [0.15, 0.2) is 0 Å². The predicted molar refractivity (Wildman–Crippen MR) is 129 cm³/mol. The summed E-state index contributed by atoms with van der Waals surface area (Å²) < 4.78 is 19.5. The summed E-state index contributed by atoms with van der Waals surface area (Å²) in [4.78, 5) is 42.7. The zero-order valence-electron chi connectivity index (χ0n) is 18.1. The van der Waals surface area contributed by atoms with E-state index in [1.807, 2.05) is 12.3 Å². The van der Waals surface area contributed by atoms with Crippen molar-refractivity contribution in [2.45, 2.75) is 13.5 Å². The molecule has 1 aliphatic heterocycles. The molecule has 0 unspecified atom stereocenters. The molecule has 174 valence electrons. The van der Waals surface area contributed by atoms with Gasteiger partial charge in [0.25, 0.3) is 17.1 Å². The Morgan fingerprint density at radius 3 is 2.65 bits per heavy atom. The summed E-state index contributed by atoms with van der Waals surface area (Å²) in [5, 5.41) is 5.14. The molecule has 10 heteroatoms. The van der Waals surface area contributed by atoms with Gasteiger partial charge in [-0.15, -0.1) is 11.3 Å². The fourth-order valence-electron chi connectivity index (χ4n) is 3.14. The number of ether oxygens (including phenoxy) is 1. The van der Waals surface area contributed by atoms with E-state index in [-0.39, 0.29) is 29.5 Å². The highest BCUT2D eigenvalue weighted by molar-refractivity contribution is 8.18. The summed E-state index contributed by atoms with van der Waals surface area (Å²) in [6.45, 7) is 2.38. The van der Waals surface area contributed by atoms with Gasteiger partial charge in [-0.25, -0.2) is 9.37 Å². The molecule has 1 aliphatic rings. The maximum absolute atomic E-state index is 13.8. The van der Waals surface area contributed by atoms with E-state index in [0.29, 0.717) is 17.9 Å². The van der Waals surface area contributed by atoms with Crippen molar-refractivity contribution < 1.29 is 23.5 Å². The molecule has 0 spiro atoms. The SMILES string of the molecule is Cc1nc(COc2ccc(C(=O)NCCN3C(=O)S/C(=C\c4ccccc4F)C3=O)cc2)cs1. The number of halogens is 1. The van der Waals surface area contributed by atoms with Crippen LogP contribution in [0.2, 0.25) is 0 Å². The number of benzene rings is 2. The minimum atomic E-state index is -0.510. The van der Waals surface area contributed by atoms with Crippen LogP contribution in [0.1, 0.15) is 26.6 Å². The Morgan fingerprint density at radius 1 is 1.18 bits per heavy atom. The molecule has 3 aromatic rings. The number of hydrogen-bond acceptors (Lipinski definition) is 7. The highest BCUT2D eigenvalue weighted by Gasteiger charge is 2.34. The van der Waals surface area contributed by atoms with Crippen LogP contribution in [0.25, 0.3) is 6.08 Å². The Morgan fingerprint density at radius 2 is 1.94 bits per heavy atom. The highest BCUT2D eigenvalue weighted by atomic mass is 32.2. The van der Waals surface area contributed by atoms with Crippen LogP contribution in [0.5, 0.6) is 5.75 Å². The number of thioether (sulfide) groups is 1. The van der Waals surface area contributed by atoms with E-state index in [1.165, 1.54) is 18.2 Å². The average Bonchev–Trinajstić information content (AvgIpc) is 3.36. The first kappa shape index (κ1) is 23.7. The van der Waals surface area contributed by atoms with Crippen molar-refractivity contribution in [2.24, 2.45) is 0 Å². The number of hydrogen-bond donors (Lipinski definition) is 1. The predicted octanol–water partition coefficient (Wildman–Crippen LogP) is 4.64. The second kappa shape index (κ2) is 10.6. The van der Waals surface area contributed by atoms with Crippen molar-refractivity contribution in [3.05, 3.63) is 86.5 Å². The maximum atomic E-state index is 13.8. The zero-order chi connectivity index (χ0) is 24.1. The lowest BCUT2D eigenvalue weighted by Gasteiger charge is -2.13. The van der Waals surface area contributed by atoms with Gasteiger partial charge < -0.3 is 10.1 Å². The number of carbonyl (C=O) groups is 3. The fourth-order valence-corrected chi connectivity index (χ4v) is 4.60. The second-order valence-corrected chi connectivity index (χ2v) is 9.34. The smallest absolute Gasteiger partial charge is 0.293 e. The first-order chi connectivity index (χ1) is 16.4. The molecule has 0 saturated carbocycles. The average molecular weight is 498 g/mol. The van der Waals surface area contributed by atoms with Crippen LogP contribution in [0.15, 0.2) is 58.8 Å². The Labute approximate surface area is 203 Å². The summed E-state index contributed by atoms with van der Waals surface area (Å²) in [7, 11) is 0. The Hall–Kier alpha value is -3.50. The standard InChI is InChI=1S/C24H20FN3O4S2/c1-15-27-18(14-33-15)13-32-19-8-6-16(7-9-19)22(29)26-10-11-28-23(30)21(34-24(28)31)12-17-4-2-3-5-20(17)25/h2-9,12,14H,10-11,13H2,1H3,(H,26,29)/b21-12-. The molecule has 1 aromatic heterocycles. The van der Waals surface area contributed by atoms with Crippen LogP contribution in [0.4, 0.5) is 9.18 Å². The van der Waals surface area contributed by atoms with Crippen molar-refractivity contribution in [3.63, 3.8) is 0 Å². The molecule has 2 heterocycles. The van der Waals surface area contributed by atoms with Crippen molar-refractivity contribution in [3.8, 4) is 5.75 Å². The van der Waals surface area contributed by atoms with Crippen molar-refractivity contribution in [1.29, 1.82) is 0 Å². The summed E-state index contributed by atoms with van der Waals surface area (Å²) in [5.41, 5.74) is 1.50. The van der Waals surface area contributed by atoms with Gasteiger partial charge in [-0.3, -0.25) is 19.3 Å². The topological polar surface area (TPSA) is 88.6 Å². The molecule has 7 nitrogen and oxygen atoms in total. The number of amides is 3. The van der Waals surface area contributed by atoms with E-state index in [0.717, 1.165) is 27.4 Å². The zero-order valence-corrected chi connectivity index (χ0v) is 19.7. The van der Waals surface area contributed by atoms with Crippen molar-refractivity contribution in [2.75, 3.05) is 13.1 Å². The van der Waals surface area contributed by atoms with Gasteiger partial charge in [0.2, 0.25) is 0 Å². The molecule has 0 atom stereocenters. The number of aromatic nitrogens is 1. The van der Waals surface area contributed by atoms with Gasteiger partial charge in [0.05, 0.1) is 15.6 Å². The normalized spacial score (nSPS) is 14.6. The van der Waals surface area contributed by atoms with E-state index in [9.17, 15) is 18.8 Å². The maximum Gasteiger partial charge on any atom is 0.293 e. The van der Waals surface area contributed by atoms with Crippen LogP contribution >= 0.6 is 23.1 Å². The van der Waals surface area contributed by atoms with E-state index < -0.39 is 17.0 Å². The molecule has 3 amide bonds. The van der Waals surface area contributed by atoms with Gasteiger partial charge in [-0.1, -0.05) is 18.2 Å². The monoisotopic (exact) mass is 497 g/mol. The van der Waals surface area contributed by atoms with Crippen molar-refractivity contribution >= 4 is 46.2 Å². The number of imide groups is 1. The molecule has 0 radical (unpaired) electrons. The third kappa shape index (κ3) is 5.70. The molecular formula is C24H20FN3O4S2. The van der Waals surface area contributed by atoms with Crippen LogP contribution < -0.4 is 10.1 Å². The first-order valence-corrected chi connectivity index (χ1v) is 12.0. The number of nitrogens with one attached hydrogen (secondary N) is 1. The van der Waals surface area contributed by atoms with E-state index in [2.05, 4.69) is 10.3 Å². The second-order valence-electron chi connectivity index (χ2n) is 7.28. The number of nitrogens with zero attached hydrogens (tertiary/aromatic N) is 2. The molecule has 1 N–H and O–H groups in total. The molecule has 2 aromatic carbocycles. The molecule has 1 saturated heterocycles. The largest absolute Gasteiger partial charge is 0.487 e. The Kier molecular flexibility index (Phi) is 7.39. The number of carbonyl (C=O) groups excluding carboxylic acids is 3. The van der Waals surface area contributed by atoms with E-state index >= 15 is 0 Å². The van der Waals surface area contributed by atoms with E-state index in [4.69, 9.17) is 4.74 Å². The molecule has 4 rings (SSSR count). The molecule has 34 heavy (non-hydrogen) atoms. The molecular weight excluding hydrogens is 477 g/mol. The number of rotatable bonds is 8. The lowest BCUT2D eigenvalue weighted by atomic mass is 10.2. The highest BCUT2D eigenvalue weighted by Crippen LogP contribution is 2.32. The molecule has 0 aliphatic carbocycles. The van der Waals surface area contributed by atoms with Crippen molar-refractivity contribution in [1.82, 2.24) is 15.2 Å². The molecule has 0 bridgehead atoms. The van der Waals surface area contributed by atoms with Gasteiger partial charge in [0, 0.05) is 29.6 Å². The minimum absolute atomic E-state index is 0.0132. The van der Waals surface area contributed by atoms with Crippen LogP contribution in [0.3, 0.4) is 0 Å². The van der Waals surface area contributed by atoms with Gasteiger partial charge in [-0.05, 0) is 55.1 Å². The lowest BCUT2D eigenvalue weighted by Crippen LogP contribution is -2.37. The quantitative estimate of drug-likeness (QED) is 0.457. The summed E-state index contributed by atoms with van der Waals surface area (Å²) in [5.74, 6) is -0.710. The van der Waals surface area contributed by atoms with Crippen LogP contribution in [-0.4, -0.2) is 40.0 Å². The van der Waals surface area contributed by atoms with Gasteiger partial charge >= 0.3 is 0 Å². The van der Waals surface area contributed by atoms with E-state index in [1.54, 1.807) is 47.7 Å². The Balaban J connectivity index is 1.27. The van der Waals surface area contributed by atoms with Gasteiger partial charge in [0.1, 0.15) is 18.2 Å². The van der Waals surface area contributed by atoms with Crippen LogP contribution in [-0.2, 0) is 11.4 Å². The fraction of sp³-hybridized carbons (Fsp3) is 0.167. The number of thiazole rings is 1. The third-order valence-corrected chi connectivity index (χ3v) is 6.59. The summed E-state index contributed by atoms with van der Waals surface area (Å²) in [6, 6.07) is 12.7. The molecule has 1 fully saturated rings. The summed E-state index contributed by atoms with van der Waals surface area (Å²) >= 11 is 2.30. The number of aryl methyl sites for hydroxylation is 1. The summed E-state index contributed by atoms with van der Waals surface area (Å²) in [6.07, 6.45) is 1.36.